The molecule has 0 aliphatic carbocycles. The SMILES string of the molecule is CCC/C=C\CCCCCC1OC1CCCCC(C)C. The fourth-order valence-corrected chi connectivity index (χ4v) is 2.77. The second-order valence-electron chi connectivity index (χ2n) is 6.79. The lowest BCUT2D eigenvalue weighted by molar-refractivity contribution is 0.347. The van der Waals surface area contributed by atoms with Crippen LogP contribution in [-0.2, 0) is 4.74 Å². The number of ether oxygens (including phenoxy) is 1. The molecule has 1 heterocycles. The van der Waals surface area contributed by atoms with Crippen LogP contribution in [0.3, 0.4) is 0 Å². The third-order valence-corrected chi connectivity index (χ3v) is 4.19. The molecule has 0 amide bonds. The highest BCUT2D eigenvalue weighted by molar-refractivity contribution is 4.85. The molecule has 2 unspecified atom stereocenters. The van der Waals surface area contributed by atoms with Gasteiger partial charge in [0.2, 0.25) is 0 Å². The van der Waals surface area contributed by atoms with Gasteiger partial charge in [-0.05, 0) is 38.0 Å². The van der Waals surface area contributed by atoms with Gasteiger partial charge in [0.05, 0.1) is 12.2 Å². The Balaban J connectivity index is 1.81. The lowest BCUT2D eigenvalue weighted by Crippen LogP contribution is -1.95. The third kappa shape index (κ3) is 9.58. The molecule has 0 radical (unpaired) electrons. The summed E-state index contributed by atoms with van der Waals surface area (Å²) >= 11 is 0. The maximum Gasteiger partial charge on any atom is 0.0841 e. The molecule has 0 N–H and O–H groups in total. The largest absolute Gasteiger partial charge is 0.370 e. The quantitative estimate of drug-likeness (QED) is 0.220. The number of unbranched alkanes of at least 4 members (excludes halogenated alkanes) is 5. The molecular formula is C19H36O. The average molecular weight is 280 g/mol. The number of allylic oxidation sites excluding steroid dienone is 2. The predicted molar refractivity (Wildman–Crippen MR) is 89.1 cm³/mol. The molecule has 0 aromatic carbocycles. The van der Waals surface area contributed by atoms with E-state index in [4.69, 9.17) is 4.74 Å². The van der Waals surface area contributed by atoms with Crippen molar-refractivity contribution in [3.05, 3.63) is 12.2 Å². The van der Waals surface area contributed by atoms with Gasteiger partial charge in [0, 0.05) is 0 Å². The molecule has 1 aliphatic heterocycles. The molecule has 1 aliphatic rings. The van der Waals surface area contributed by atoms with Crippen LogP contribution in [-0.4, -0.2) is 12.2 Å². The van der Waals surface area contributed by atoms with Gasteiger partial charge in [-0.1, -0.05) is 71.4 Å². The van der Waals surface area contributed by atoms with Gasteiger partial charge in [0.25, 0.3) is 0 Å². The van der Waals surface area contributed by atoms with Crippen molar-refractivity contribution in [2.75, 3.05) is 0 Å². The summed E-state index contributed by atoms with van der Waals surface area (Å²) in [5.41, 5.74) is 0. The molecule has 0 saturated carbocycles. The van der Waals surface area contributed by atoms with E-state index in [0.717, 1.165) is 5.92 Å². The van der Waals surface area contributed by atoms with E-state index in [1.807, 2.05) is 0 Å². The Bertz CT molecular complexity index is 244. The van der Waals surface area contributed by atoms with E-state index in [-0.39, 0.29) is 0 Å². The molecule has 0 bridgehead atoms. The molecule has 118 valence electrons. The lowest BCUT2D eigenvalue weighted by Gasteiger charge is -2.02. The minimum atomic E-state index is 0.615. The van der Waals surface area contributed by atoms with Crippen LogP contribution < -0.4 is 0 Å². The molecule has 1 fully saturated rings. The number of hydrogen-bond acceptors (Lipinski definition) is 1. The first-order valence-corrected chi connectivity index (χ1v) is 9.04. The van der Waals surface area contributed by atoms with Crippen LogP contribution in [0.15, 0.2) is 12.2 Å². The molecule has 2 atom stereocenters. The van der Waals surface area contributed by atoms with Crippen molar-refractivity contribution in [1.29, 1.82) is 0 Å². The summed E-state index contributed by atoms with van der Waals surface area (Å²) in [6.45, 7) is 6.86. The Kier molecular flexibility index (Phi) is 10.1. The molecule has 0 aromatic rings. The molecule has 1 saturated heterocycles. The molecule has 0 aromatic heterocycles. The van der Waals surface area contributed by atoms with E-state index >= 15 is 0 Å². The average Bonchev–Trinajstić information content (AvgIpc) is 3.16. The maximum atomic E-state index is 5.77. The molecular weight excluding hydrogens is 244 g/mol. The van der Waals surface area contributed by atoms with E-state index in [1.165, 1.54) is 70.6 Å². The Labute approximate surface area is 127 Å². The van der Waals surface area contributed by atoms with Gasteiger partial charge in [-0.3, -0.25) is 0 Å². The van der Waals surface area contributed by atoms with Crippen LogP contribution in [0.2, 0.25) is 0 Å². The zero-order chi connectivity index (χ0) is 14.6. The minimum absolute atomic E-state index is 0.615. The van der Waals surface area contributed by atoms with E-state index in [2.05, 4.69) is 32.9 Å². The predicted octanol–water partition coefficient (Wildman–Crippen LogP) is 6.28. The normalized spacial score (nSPS) is 22.0. The Morgan fingerprint density at radius 3 is 2.15 bits per heavy atom. The van der Waals surface area contributed by atoms with Crippen molar-refractivity contribution < 1.29 is 4.74 Å². The summed E-state index contributed by atoms with van der Waals surface area (Å²) in [5.74, 6) is 0.859. The molecule has 1 rings (SSSR count). The molecule has 1 nitrogen and oxygen atoms in total. The molecule has 0 spiro atoms. The zero-order valence-electron chi connectivity index (χ0n) is 14.1. The first kappa shape index (κ1) is 17.8. The van der Waals surface area contributed by atoms with Crippen molar-refractivity contribution in [2.24, 2.45) is 5.92 Å². The second-order valence-corrected chi connectivity index (χ2v) is 6.79. The Hall–Kier alpha value is -0.300. The number of hydrogen-bond donors (Lipinski definition) is 0. The van der Waals surface area contributed by atoms with Crippen molar-refractivity contribution in [1.82, 2.24) is 0 Å². The Morgan fingerprint density at radius 2 is 1.50 bits per heavy atom. The highest BCUT2D eigenvalue weighted by Crippen LogP contribution is 2.31. The minimum Gasteiger partial charge on any atom is -0.370 e. The first-order chi connectivity index (χ1) is 9.74. The van der Waals surface area contributed by atoms with Gasteiger partial charge in [0.1, 0.15) is 0 Å². The maximum absolute atomic E-state index is 5.77. The van der Waals surface area contributed by atoms with Crippen molar-refractivity contribution in [3.8, 4) is 0 Å². The smallest absolute Gasteiger partial charge is 0.0841 e. The third-order valence-electron chi connectivity index (χ3n) is 4.19. The summed E-state index contributed by atoms with van der Waals surface area (Å²) in [6, 6.07) is 0. The van der Waals surface area contributed by atoms with Crippen molar-refractivity contribution in [2.45, 2.75) is 104 Å². The highest BCUT2D eigenvalue weighted by Gasteiger charge is 2.36. The number of epoxide rings is 1. The van der Waals surface area contributed by atoms with E-state index < -0.39 is 0 Å². The van der Waals surface area contributed by atoms with Crippen LogP contribution in [0, 0.1) is 5.92 Å². The summed E-state index contributed by atoms with van der Waals surface area (Å²) in [7, 11) is 0. The van der Waals surface area contributed by atoms with Gasteiger partial charge < -0.3 is 4.74 Å². The Morgan fingerprint density at radius 1 is 0.850 bits per heavy atom. The van der Waals surface area contributed by atoms with E-state index in [0.29, 0.717) is 12.2 Å². The summed E-state index contributed by atoms with van der Waals surface area (Å²) in [5, 5.41) is 0. The van der Waals surface area contributed by atoms with Crippen molar-refractivity contribution >= 4 is 0 Å². The van der Waals surface area contributed by atoms with E-state index in [9.17, 15) is 0 Å². The fourth-order valence-electron chi connectivity index (χ4n) is 2.77. The first-order valence-electron chi connectivity index (χ1n) is 9.04. The van der Waals surface area contributed by atoms with Crippen molar-refractivity contribution in [3.63, 3.8) is 0 Å². The van der Waals surface area contributed by atoms with Gasteiger partial charge in [-0.15, -0.1) is 0 Å². The van der Waals surface area contributed by atoms with Gasteiger partial charge in [-0.2, -0.15) is 0 Å². The van der Waals surface area contributed by atoms with Gasteiger partial charge in [0.15, 0.2) is 0 Å². The van der Waals surface area contributed by atoms with Crippen LogP contribution in [0.4, 0.5) is 0 Å². The van der Waals surface area contributed by atoms with Crippen LogP contribution >= 0.6 is 0 Å². The van der Waals surface area contributed by atoms with Gasteiger partial charge >= 0.3 is 0 Å². The van der Waals surface area contributed by atoms with Gasteiger partial charge in [-0.25, -0.2) is 0 Å². The topological polar surface area (TPSA) is 12.5 Å². The zero-order valence-corrected chi connectivity index (χ0v) is 14.1. The molecule has 20 heavy (non-hydrogen) atoms. The standard InChI is InChI=1S/C19H36O/c1-4-5-6-7-8-9-10-11-15-18-19(20-18)16-13-12-14-17(2)3/h6-7,17-19H,4-5,8-16H2,1-3H3/b7-6-. The highest BCUT2D eigenvalue weighted by atomic mass is 16.6. The molecule has 1 heteroatoms. The van der Waals surface area contributed by atoms with E-state index in [1.54, 1.807) is 0 Å². The monoisotopic (exact) mass is 280 g/mol. The lowest BCUT2D eigenvalue weighted by atomic mass is 10.0. The van der Waals surface area contributed by atoms with Crippen LogP contribution in [0.1, 0.15) is 91.4 Å². The van der Waals surface area contributed by atoms with Crippen LogP contribution in [0.5, 0.6) is 0 Å². The second kappa shape index (κ2) is 11.4. The summed E-state index contributed by atoms with van der Waals surface area (Å²) < 4.78 is 5.77. The summed E-state index contributed by atoms with van der Waals surface area (Å²) in [4.78, 5) is 0. The van der Waals surface area contributed by atoms with Crippen LogP contribution in [0.25, 0.3) is 0 Å². The number of rotatable bonds is 13. The summed E-state index contributed by atoms with van der Waals surface area (Å²) in [6.07, 6.45) is 20.5. The fraction of sp³-hybridized carbons (Fsp3) is 0.895.